The Morgan fingerprint density at radius 3 is 2.57 bits per heavy atom. The number of ether oxygens (including phenoxy) is 1. The number of amides is 3. The number of carbonyl (C=O) groups is 4. The summed E-state index contributed by atoms with van der Waals surface area (Å²) in [6, 6.07) is 3.34. The number of nitrogens with one attached hydrogen (secondary N) is 2. The Morgan fingerprint density at radius 2 is 2.00 bits per heavy atom. The standard InChI is InChI=1S/C12H15N3O5S/c1-7(11(13)18)20-10(17)6-14-9(16)5-15-12(19)8-3-2-4-21-8/h2-4,7H,5-6H2,1H3,(H2,13,18)(H,14,16)(H,15,19)/t7-/m0/s1. The molecule has 0 unspecified atom stereocenters. The minimum atomic E-state index is -1.06. The van der Waals surface area contributed by atoms with Gasteiger partial charge in [0.25, 0.3) is 11.8 Å². The van der Waals surface area contributed by atoms with Crippen LogP contribution >= 0.6 is 11.3 Å². The Morgan fingerprint density at radius 1 is 1.29 bits per heavy atom. The Bertz CT molecular complexity index is 529. The molecule has 0 radical (unpaired) electrons. The van der Waals surface area contributed by atoms with Crippen molar-refractivity contribution < 1.29 is 23.9 Å². The van der Waals surface area contributed by atoms with E-state index in [1.165, 1.54) is 18.3 Å². The maximum atomic E-state index is 11.5. The van der Waals surface area contributed by atoms with Crippen LogP contribution in [0.4, 0.5) is 0 Å². The zero-order valence-corrected chi connectivity index (χ0v) is 12.1. The Kier molecular flexibility index (Phi) is 6.34. The highest BCUT2D eigenvalue weighted by atomic mass is 32.1. The number of hydrogen-bond acceptors (Lipinski definition) is 6. The molecule has 0 aromatic carbocycles. The van der Waals surface area contributed by atoms with E-state index in [9.17, 15) is 19.2 Å². The third kappa shape index (κ3) is 6.04. The summed E-state index contributed by atoms with van der Waals surface area (Å²) in [7, 11) is 0. The van der Waals surface area contributed by atoms with Crippen LogP contribution < -0.4 is 16.4 Å². The number of hydrogen-bond donors (Lipinski definition) is 3. The van der Waals surface area contributed by atoms with Crippen molar-refractivity contribution in [3.8, 4) is 0 Å². The molecule has 0 saturated heterocycles. The maximum absolute atomic E-state index is 11.5. The zero-order valence-electron chi connectivity index (χ0n) is 11.3. The molecule has 1 aromatic rings. The summed E-state index contributed by atoms with van der Waals surface area (Å²) < 4.78 is 4.63. The second kappa shape index (κ2) is 8.00. The molecule has 4 N–H and O–H groups in total. The average Bonchev–Trinajstić information content (AvgIpc) is 2.96. The summed E-state index contributed by atoms with van der Waals surface area (Å²) >= 11 is 1.25. The van der Waals surface area contributed by atoms with Gasteiger partial charge in [0.2, 0.25) is 5.91 Å². The van der Waals surface area contributed by atoms with Gasteiger partial charge in [-0.2, -0.15) is 0 Å². The van der Waals surface area contributed by atoms with Gasteiger partial charge in [-0.05, 0) is 18.4 Å². The number of esters is 1. The minimum Gasteiger partial charge on any atom is -0.451 e. The van der Waals surface area contributed by atoms with Crippen LogP contribution in [0.1, 0.15) is 16.6 Å². The lowest BCUT2D eigenvalue weighted by Gasteiger charge is -2.10. The molecule has 114 valence electrons. The van der Waals surface area contributed by atoms with Gasteiger partial charge >= 0.3 is 5.97 Å². The highest BCUT2D eigenvalue weighted by molar-refractivity contribution is 7.12. The summed E-state index contributed by atoms with van der Waals surface area (Å²) in [5, 5.41) is 6.39. The molecule has 1 atom stereocenters. The van der Waals surface area contributed by atoms with Crippen molar-refractivity contribution in [2.45, 2.75) is 13.0 Å². The molecule has 21 heavy (non-hydrogen) atoms. The van der Waals surface area contributed by atoms with Gasteiger partial charge < -0.3 is 21.1 Å². The van der Waals surface area contributed by atoms with Crippen molar-refractivity contribution >= 4 is 35.0 Å². The topological polar surface area (TPSA) is 128 Å². The van der Waals surface area contributed by atoms with Gasteiger partial charge in [0.05, 0.1) is 11.4 Å². The predicted octanol–water partition coefficient (Wildman–Crippen LogP) is -0.989. The first-order valence-corrected chi connectivity index (χ1v) is 6.85. The molecule has 3 amide bonds. The van der Waals surface area contributed by atoms with Gasteiger partial charge in [-0.1, -0.05) is 6.07 Å². The first kappa shape index (κ1) is 16.6. The molecule has 0 aliphatic carbocycles. The van der Waals surface area contributed by atoms with Crippen LogP contribution in [0.5, 0.6) is 0 Å². The Hall–Kier alpha value is -2.42. The second-order valence-electron chi connectivity index (χ2n) is 3.97. The molecule has 8 nitrogen and oxygen atoms in total. The SMILES string of the molecule is C[C@H](OC(=O)CNC(=O)CNC(=O)c1cccs1)C(N)=O. The lowest BCUT2D eigenvalue weighted by atomic mass is 10.4. The lowest BCUT2D eigenvalue weighted by Crippen LogP contribution is -2.40. The fourth-order valence-electron chi connectivity index (χ4n) is 1.19. The Labute approximate surface area is 124 Å². The molecule has 1 rings (SSSR count). The molecule has 9 heteroatoms. The van der Waals surface area contributed by atoms with E-state index in [1.54, 1.807) is 17.5 Å². The van der Waals surface area contributed by atoms with E-state index in [-0.39, 0.29) is 12.5 Å². The summed E-state index contributed by atoms with van der Waals surface area (Å²) in [4.78, 5) is 45.4. The molecular formula is C12H15N3O5S. The number of thiophene rings is 1. The van der Waals surface area contributed by atoms with Crippen molar-refractivity contribution in [3.63, 3.8) is 0 Å². The van der Waals surface area contributed by atoms with E-state index in [2.05, 4.69) is 15.4 Å². The van der Waals surface area contributed by atoms with Crippen molar-refractivity contribution in [1.82, 2.24) is 10.6 Å². The van der Waals surface area contributed by atoms with Crippen LogP contribution in [-0.4, -0.2) is 42.9 Å². The summed E-state index contributed by atoms with van der Waals surface area (Å²) in [5.41, 5.74) is 4.92. The smallest absolute Gasteiger partial charge is 0.326 e. The van der Waals surface area contributed by atoms with E-state index >= 15 is 0 Å². The number of rotatable bonds is 7. The molecule has 0 aliphatic heterocycles. The quantitative estimate of drug-likeness (QED) is 0.557. The van der Waals surface area contributed by atoms with Crippen LogP contribution in [0.25, 0.3) is 0 Å². The van der Waals surface area contributed by atoms with Gasteiger partial charge in [-0.3, -0.25) is 19.2 Å². The van der Waals surface area contributed by atoms with Crippen molar-refractivity contribution in [2.24, 2.45) is 5.73 Å². The number of carbonyl (C=O) groups excluding carboxylic acids is 4. The lowest BCUT2D eigenvalue weighted by molar-refractivity contribution is -0.153. The number of primary amides is 1. The van der Waals surface area contributed by atoms with Crippen LogP contribution in [0.2, 0.25) is 0 Å². The normalized spacial score (nSPS) is 11.3. The third-order valence-electron chi connectivity index (χ3n) is 2.29. The van der Waals surface area contributed by atoms with E-state index in [1.807, 2.05) is 0 Å². The summed E-state index contributed by atoms with van der Waals surface area (Å²) in [5.74, 6) is -2.49. The van der Waals surface area contributed by atoms with Gasteiger partial charge in [0.15, 0.2) is 6.10 Å². The van der Waals surface area contributed by atoms with Gasteiger partial charge in [-0.25, -0.2) is 0 Å². The predicted molar refractivity (Wildman–Crippen MR) is 74.4 cm³/mol. The van der Waals surface area contributed by atoms with E-state index in [0.29, 0.717) is 4.88 Å². The fraction of sp³-hybridized carbons (Fsp3) is 0.333. The first-order chi connectivity index (χ1) is 9.90. The van der Waals surface area contributed by atoms with Crippen molar-refractivity contribution in [1.29, 1.82) is 0 Å². The van der Waals surface area contributed by atoms with Crippen LogP contribution in [-0.2, 0) is 19.1 Å². The fourth-order valence-corrected chi connectivity index (χ4v) is 1.83. The summed E-state index contributed by atoms with van der Waals surface area (Å²) in [6.45, 7) is 0.643. The van der Waals surface area contributed by atoms with Crippen LogP contribution in [0, 0.1) is 0 Å². The molecule has 1 heterocycles. The molecule has 0 spiro atoms. The van der Waals surface area contributed by atoms with Crippen LogP contribution in [0.15, 0.2) is 17.5 Å². The second-order valence-corrected chi connectivity index (χ2v) is 4.92. The highest BCUT2D eigenvalue weighted by Gasteiger charge is 2.15. The van der Waals surface area contributed by atoms with Gasteiger partial charge in [0, 0.05) is 0 Å². The summed E-state index contributed by atoms with van der Waals surface area (Å²) in [6.07, 6.45) is -1.06. The van der Waals surface area contributed by atoms with Gasteiger partial charge in [-0.15, -0.1) is 11.3 Å². The number of nitrogens with two attached hydrogens (primary N) is 1. The highest BCUT2D eigenvalue weighted by Crippen LogP contribution is 2.07. The zero-order chi connectivity index (χ0) is 15.8. The monoisotopic (exact) mass is 313 g/mol. The van der Waals surface area contributed by atoms with Crippen molar-refractivity contribution in [3.05, 3.63) is 22.4 Å². The van der Waals surface area contributed by atoms with Crippen LogP contribution in [0.3, 0.4) is 0 Å². The Balaban J connectivity index is 2.23. The maximum Gasteiger partial charge on any atom is 0.326 e. The van der Waals surface area contributed by atoms with Gasteiger partial charge in [0.1, 0.15) is 6.54 Å². The molecular weight excluding hydrogens is 298 g/mol. The molecule has 0 saturated carbocycles. The third-order valence-corrected chi connectivity index (χ3v) is 3.16. The first-order valence-electron chi connectivity index (χ1n) is 5.97. The van der Waals surface area contributed by atoms with E-state index in [0.717, 1.165) is 0 Å². The van der Waals surface area contributed by atoms with E-state index in [4.69, 9.17) is 5.73 Å². The average molecular weight is 313 g/mol. The minimum absolute atomic E-state index is 0.268. The molecule has 0 aliphatic rings. The molecule has 0 fully saturated rings. The van der Waals surface area contributed by atoms with Crippen molar-refractivity contribution in [2.75, 3.05) is 13.1 Å². The largest absolute Gasteiger partial charge is 0.451 e. The molecule has 0 bridgehead atoms. The molecule has 1 aromatic heterocycles. The van der Waals surface area contributed by atoms with E-state index < -0.39 is 30.4 Å².